The number of aryl methyl sites for hydroxylation is 1. The van der Waals surface area contributed by atoms with Gasteiger partial charge in [0.1, 0.15) is 24.4 Å². The molecule has 6 aromatic rings. The Balaban J connectivity index is 1.16. The van der Waals surface area contributed by atoms with Crippen LogP contribution in [-0.2, 0) is 37.4 Å². The molecule has 5 aromatic carbocycles. The van der Waals surface area contributed by atoms with Crippen LogP contribution in [0.1, 0.15) is 52.7 Å². The minimum Gasteiger partial charge on any atom is -0.493 e. The maximum absolute atomic E-state index is 14.8. The molecule has 0 spiro atoms. The third-order valence-corrected chi connectivity index (χ3v) is 12.2. The molecule has 11 heteroatoms. The SMILES string of the molecule is COc1cc(C[C@@H]2Oc3ccc4c(ccn4S(=O)(=O)c4ccc(C)cc4)c3[C@H]2C(=O)OC(C(=O)N2CCCC2)c2ccccc2)ccc1OCc1ccccc1. The standard InChI is InChI=1S/C45H42N2O8S/c1-30-15-18-34(19-16-30)56(50,51)47-26-23-35-36(47)20-22-38-41(35)42(45(49)55-43(33-13-7-4-8-14-33)44(48)46-24-9-10-25-46)40(54-38)28-32-17-21-37(39(27-32)52-2)53-29-31-11-5-3-6-12-31/h3-8,11-23,26-27,40,42-43H,9-10,24-25,28-29H2,1-2H3/t40-,42-,43?/m0/s1. The number of likely N-dealkylation sites (tertiary alicyclic amines) is 1. The third-order valence-electron chi connectivity index (χ3n) is 10.5. The highest BCUT2D eigenvalue weighted by molar-refractivity contribution is 7.90. The second-order valence-corrected chi connectivity index (χ2v) is 16.0. The predicted molar refractivity (Wildman–Crippen MR) is 211 cm³/mol. The fourth-order valence-corrected chi connectivity index (χ4v) is 8.95. The summed E-state index contributed by atoms with van der Waals surface area (Å²) in [6.45, 7) is 3.44. The normalized spacial score (nSPS) is 16.9. The van der Waals surface area contributed by atoms with E-state index in [0.717, 1.165) is 29.5 Å². The van der Waals surface area contributed by atoms with E-state index in [4.69, 9.17) is 18.9 Å². The first kappa shape index (κ1) is 36.9. The van der Waals surface area contributed by atoms with Crippen LogP contribution in [0.4, 0.5) is 0 Å². The molecule has 2 aliphatic rings. The first-order valence-corrected chi connectivity index (χ1v) is 20.2. The average molecular weight is 771 g/mol. The van der Waals surface area contributed by atoms with Crippen molar-refractivity contribution in [3.05, 3.63) is 155 Å². The van der Waals surface area contributed by atoms with E-state index in [1.54, 1.807) is 66.6 Å². The Hall–Kier alpha value is -6.07. The molecule has 1 unspecified atom stereocenters. The van der Waals surface area contributed by atoms with Gasteiger partial charge in [-0.15, -0.1) is 0 Å². The molecule has 3 heterocycles. The van der Waals surface area contributed by atoms with Gasteiger partial charge in [0, 0.05) is 42.2 Å². The van der Waals surface area contributed by atoms with E-state index in [2.05, 4.69) is 0 Å². The van der Waals surface area contributed by atoms with Gasteiger partial charge in [-0.3, -0.25) is 9.59 Å². The lowest BCUT2D eigenvalue weighted by atomic mass is 9.89. The van der Waals surface area contributed by atoms with Crippen molar-refractivity contribution in [1.29, 1.82) is 0 Å². The molecule has 1 aromatic heterocycles. The molecule has 1 fully saturated rings. The zero-order valence-electron chi connectivity index (χ0n) is 31.2. The molecule has 0 N–H and O–H groups in total. The van der Waals surface area contributed by atoms with Gasteiger partial charge in [0.05, 0.1) is 17.5 Å². The summed E-state index contributed by atoms with van der Waals surface area (Å²) in [7, 11) is -2.41. The second-order valence-electron chi connectivity index (χ2n) is 14.2. The van der Waals surface area contributed by atoms with Crippen molar-refractivity contribution in [2.45, 2.75) is 55.8 Å². The van der Waals surface area contributed by atoms with E-state index < -0.39 is 34.1 Å². The zero-order valence-corrected chi connectivity index (χ0v) is 32.0. The van der Waals surface area contributed by atoms with Crippen LogP contribution in [0, 0.1) is 6.92 Å². The van der Waals surface area contributed by atoms with Crippen LogP contribution < -0.4 is 14.2 Å². The van der Waals surface area contributed by atoms with Gasteiger partial charge in [-0.2, -0.15) is 0 Å². The van der Waals surface area contributed by atoms with Crippen molar-refractivity contribution < 1.29 is 37.0 Å². The van der Waals surface area contributed by atoms with Crippen molar-refractivity contribution >= 4 is 32.8 Å². The molecule has 1 saturated heterocycles. The molecule has 286 valence electrons. The first-order chi connectivity index (χ1) is 27.2. The Morgan fingerprint density at radius 1 is 0.821 bits per heavy atom. The number of esters is 1. The molecule has 56 heavy (non-hydrogen) atoms. The van der Waals surface area contributed by atoms with Crippen molar-refractivity contribution in [2.75, 3.05) is 20.2 Å². The van der Waals surface area contributed by atoms with Gasteiger partial charge in [0.15, 0.2) is 11.5 Å². The van der Waals surface area contributed by atoms with Crippen molar-refractivity contribution in [3.63, 3.8) is 0 Å². The number of benzene rings is 5. The minimum absolute atomic E-state index is 0.141. The summed E-state index contributed by atoms with van der Waals surface area (Å²) in [6, 6.07) is 36.2. The molecular weight excluding hydrogens is 729 g/mol. The van der Waals surface area contributed by atoms with E-state index in [1.165, 1.54) is 10.2 Å². The molecule has 0 saturated carbocycles. The summed E-state index contributed by atoms with van der Waals surface area (Å²) < 4.78 is 53.8. The van der Waals surface area contributed by atoms with Gasteiger partial charge >= 0.3 is 5.97 Å². The highest BCUT2D eigenvalue weighted by Gasteiger charge is 2.45. The van der Waals surface area contributed by atoms with Crippen LogP contribution in [0.25, 0.3) is 10.9 Å². The van der Waals surface area contributed by atoms with E-state index >= 15 is 0 Å². The van der Waals surface area contributed by atoms with Crippen LogP contribution in [0.2, 0.25) is 0 Å². The summed E-state index contributed by atoms with van der Waals surface area (Å²) in [5.41, 5.74) is 4.23. The van der Waals surface area contributed by atoms with Crippen molar-refractivity contribution in [2.24, 2.45) is 0 Å². The number of carbonyl (C=O) groups is 2. The third kappa shape index (κ3) is 7.22. The smallest absolute Gasteiger partial charge is 0.318 e. The van der Waals surface area contributed by atoms with Gasteiger partial charge in [-0.1, -0.05) is 84.4 Å². The zero-order chi connectivity index (χ0) is 38.8. The highest BCUT2D eigenvalue weighted by Crippen LogP contribution is 2.46. The number of fused-ring (bicyclic) bond motifs is 3. The number of rotatable bonds is 12. The number of hydrogen-bond acceptors (Lipinski definition) is 8. The number of nitrogens with zero attached hydrogens (tertiary/aromatic N) is 2. The van der Waals surface area contributed by atoms with Gasteiger partial charge < -0.3 is 23.8 Å². The Kier molecular flexibility index (Phi) is 10.3. The van der Waals surface area contributed by atoms with Crippen LogP contribution in [0.3, 0.4) is 0 Å². The largest absolute Gasteiger partial charge is 0.493 e. The second kappa shape index (κ2) is 15.6. The molecule has 8 rings (SSSR count). The molecule has 0 radical (unpaired) electrons. The number of carbonyl (C=O) groups excluding carboxylic acids is 2. The Labute approximate surface area is 326 Å². The lowest BCUT2D eigenvalue weighted by molar-refractivity contribution is -0.162. The summed E-state index contributed by atoms with van der Waals surface area (Å²) in [6.07, 6.45) is 1.60. The van der Waals surface area contributed by atoms with Crippen LogP contribution in [-0.4, -0.2) is 55.5 Å². The molecule has 1 amide bonds. The summed E-state index contributed by atoms with van der Waals surface area (Å²) in [5, 5.41) is 0.534. The maximum Gasteiger partial charge on any atom is 0.318 e. The van der Waals surface area contributed by atoms with Gasteiger partial charge in [0.2, 0.25) is 6.10 Å². The lowest BCUT2D eigenvalue weighted by Crippen LogP contribution is -2.37. The quantitative estimate of drug-likeness (QED) is 0.116. The number of ether oxygens (including phenoxy) is 4. The summed E-state index contributed by atoms with van der Waals surface area (Å²) in [4.78, 5) is 30.6. The first-order valence-electron chi connectivity index (χ1n) is 18.7. The topological polar surface area (TPSA) is 113 Å². The Bertz CT molecular complexity index is 2480. The van der Waals surface area contributed by atoms with E-state index in [0.29, 0.717) is 59.0 Å². The maximum atomic E-state index is 14.8. The lowest BCUT2D eigenvalue weighted by Gasteiger charge is -2.26. The van der Waals surface area contributed by atoms with Gasteiger partial charge in [0.25, 0.3) is 15.9 Å². The predicted octanol–water partition coefficient (Wildman–Crippen LogP) is 7.77. The Morgan fingerprint density at radius 2 is 1.54 bits per heavy atom. The van der Waals surface area contributed by atoms with E-state index in [1.807, 2.05) is 73.7 Å². The molecule has 0 aliphatic carbocycles. The highest BCUT2D eigenvalue weighted by atomic mass is 32.2. The summed E-state index contributed by atoms with van der Waals surface area (Å²) in [5.74, 6) is -0.408. The van der Waals surface area contributed by atoms with Crippen LogP contribution in [0.5, 0.6) is 17.2 Å². The number of hydrogen-bond donors (Lipinski definition) is 0. The van der Waals surface area contributed by atoms with Gasteiger partial charge in [-0.05, 0) is 73.4 Å². The fourth-order valence-electron chi connectivity index (χ4n) is 7.61. The number of aromatic nitrogens is 1. The van der Waals surface area contributed by atoms with Crippen LogP contribution >= 0.6 is 0 Å². The molecule has 2 aliphatic heterocycles. The number of amides is 1. The van der Waals surface area contributed by atoms with Crippen molar-refractivity contribution in [3.8, 4) is 17.2 Å². The number of methoxy groups -OCH3 is 1. The molecule has 3 atom stereocenters. The monoisotopic (exact) mass is 770 g/mol. The average Bonchev–Trinajstić information content (AvgIpc) is 4.00. The summed E-state index contributed by atoms with van der Waals surface area (Å²) >= 11 is 0. The van der Waals surface area contributed by atoms with Gasteiger partial charge in [-0.25, -0.2) is 12.4 Å². The Morgan fingerprint density at radius 3 is 2.25 bits per heavy atom. The molecule has 10 nitrogen and oxygen atoms in total. The van der Waals surface area contributed by atoms with Crippen LogP contribution in [0.15, 0.2) is 132 Å². The minimum atomic E-state index is -3.98. The van der Waals surface area contributed by atoms with E-state index in [9.17, 15) is 18.0 Å². The van der Waals surface area contributed by atoms with Crippen molar-refractivity contribution in [1.82, 2.24) is 8.87 Å². The molecule has 0 bridgehead atoms. The molecular formula is C45H42N2O8S. The van der Waals surface area contributed by atoms with E-state index in [-0.39, 0.29) is 17.2 Å². The fraction of sp³-hybridized carbons (Fsp3) is 0.244.